The smallest absolute Gasteiger partial charge is 0.317 e. The van der Waals surface area contributed by atoms with Crippen LogP contribution in [0, 0.1) is 0 Å². The molecule has 1 aliphatic heterocycles. The van der Waals surface area contributed by atoms with Gasteiger partial charge >= 0.3 is 6.03 Å². The number of hydrogen-bond acceptors (Lipinski definition) is 3. The molecule has 0 radical (unpaired) electrons. The molecule has 0 aromatic carbocycles. The van der Waals surface area contributed by atoms with Gasteiger partial charge in [0.25, 0.3) is 0 Å². The fourth-order valence-electron chi connectivity index (χ4n) is 1.04. The molecule has 0 aromatic rings. The Bertz CT molecular complexity index is 140. The quantitative estimate of drug-likeness (QED) is 0.447. The van der Waals surface area contributed by atoms with Crippen LogP contribution in [0.25, 0.3) is 0 Å². The SMILES string of the molecule is O=C1NCCCN1CCOO. The molecule has 11 heavy (non-hydrogen) atoms. The Morgan fingerprint density at radius 3 is 3.18 bits per heavy atom. The van der Waals surface area contributed by atoms with Gasteiger partial charge in [-0.1, -0.05) is 0 Å². The third-order valence-corrected chi connectivity index (χ3v) is 1.62. The van der Waals surface area contributed by atoms with E-state index in [1.165, 1.54) is 0 Å². The van der Waals surface area contributed by atoms with E-state index in [1.54, 1.807) is 4.90 Å². The lowest BCUT2D eigenvalue weighted by Gasteiger charge is -2.26. The van der Waals surface area contributed by atoms with Crippen LogP contribution in [0.4, 0.5) is 4.79 Å². The summed E-state index contributed by atoms with van der Waals surface area (Å²) in [6.45, 7) is 2.11. The molecule has 2 N–H and O–H groups in total. The molecule has 0 bridgehead atoms. The van der Waals surface area contributed by atoms with Crippen LogP contribution in [-0.2, 0) is 4.89 Å². The zero-order valence-electron chi connectivity index (χ0n) is 6.25. The molecule has 0 aromatic heterocycles. The third-order valence-electron chi connectivity index (χ3n) is 1.62. The van der Waals surface area contributed by atoms with Crippen LogP contribution in [-0.4, -0.2) is 42.4 Å². The second-order valence-electron chi connectivity index (χ2n) is 2.41. The molecular formula is C6H12N2O3. The first-order valence-corrected chi connectivity index (χ1v) is 3.63. The van der Waals surface area contributed by atoms with E-state index < -0.39 is 0 Å². The second-order valence-corrected chi connectivity index (χ2v) is 2.41. The van der Waals surface area contributed by atoms with Crippen molar-refractivity contribution in [1.82, 2.24) is 10.2 Å². The first-order chi connectivity index (χ1) is 5.34. The van der Waals surface area contributed by atoms with E-state index in [0.717, 1.165) is 19.5 Å². The van der Waals surface area contributed by atoms with Crippen molar-refractivity contribution in [3.05, 3.63) is 0 Å². The summed E-state index contributed by atoms with van der Waals surface area (Å²) in [4.78, 5) is 16.5. The normalized spacial score (nSPS) is 18.3. The fourth-order valence-corrected chi connectivity index (χ4v) is 1.04. The number of urea groups is 1. The number of carbonyl (C=O) groups excluding carboxylic acids is 1. The Hall–Kier alpha value is -0.810. The monoisotopic (exact) mass is 160 g/mol. The molecule has 0 saturated carbocycles. The van der Waals surface area contributed by atoms with Crippen molar-refractivity contribution >= 4 is 6.03 Å². The van der Waals surface area contributed by atoms with Gasteiger partial charge in [0.15, 0.2) is 0 Å². The lowest BCUT2D eigenvalue weighted by Crippen LogP contribution is -2.47. The van der Waals surface area contributed by atoms with E-state index in [1.807, 2.05) is 0 Å². The highest BCUT2D eigenvalue weighted by Crippen LogP contribution is 1.97. The molecule has 5 heteroatoms. The number of rotatable bonds is 3. The van der Waals surface area contributed by atoms with Gasteiger partial charge in [0.1, 0.15) is 0 Å². The van der Waals surface area contributed by atoms with E-state index in [0.29, 0.717) is 6.54 Å². The highest BCUT2D eigenvalue weighted by molar-refractivity contribution is 5.74. The summed E-state index contributed by atoms with van der Waals surface area (Å²) in [6, 6.07) is -0.0756. The number of hydrogen-bond donors (Lipinski definition) is 2. The molecule has 1 heterocycles. The maximum absolute atomic E-state index is 11.0. The van der Waals surface area contributed by atoms with Crippen molar-refractivity contribution in [3.8, 4) is 0 Å². The van der Waals surface area contributed by atoms with E-state index in [9.17, 15) is 4.79 Å². The summed E-state index contributed by atoms with van der Waals surface area (Å²) >= 11 is 0. The van der Waals surface area contributed by atoms with Crippen molar-refractivity contribution in [2.75, 3.05) is 26.2 Å². The summed E-state index contributed by atoms with van der Waals surface area (Å²) in [6.07, 6.45) is 0.956. The molecule has 1 aliphatic rings. The van der Waals surface area contributed by atoms with Crippen LogP contribution in [0.5, 0.6) is 0 Å². The summed E-state index contributed by atoms with van der Waals surface area (Å²) in [5.41, 5.74) is 0. The summed E-state index contributed by atoms with van der Waals surface area (Å²) in [7, 11) is 0. The lowest BCUT2D eigenvalue weighted by atomic mass is 10.3. The Morgan fingerprint density at radius 2 is 2.55 bits per heavy atom. The maximum atomic E-state index is 11.0. The average molecular weight is 160 g/mol. The fraction of sp³-hybridized carbons (Fsp3) is 0.833. The van der Waals surface area contributed by atoms with Crippen LogP contribution >= 0.6 is 0 Å². The average Bonchev–Trinajstić information content (AvgIpc) is 2.03. The predicted molar refractivity (Wildman–Crippen MR) is 38.2 cm³/mol. The Balaban J connectivity index is 2.24. The van der Waals surface area contributed by atoms with Gasteiger partial charge in [-0.15, -0.1) is 0 Å². The lowest BCUT2D eigenvalue weighted by molar-refractivity contribution is -0.243. The van der Waals surface area contributed by atoms with Gasteiger partial charge in [0.2, 0.25) is 0 Å². The van der Waals surface area contributed by atoms with Crippen LogP contribution in [0.2, 0.25) is 0 Å². The Labute approximate surface area is 64.9 Å². The van der Waals surface area contributed by atoms with Gasteiger partial charge in [-0.05, 0) is 6.42 Å². The Kier molecular flexibility index (Phi) is 3.13. The van der Waals surface area contributed by atoms with Gasteiger partial charge in [-0.2, -0.15) is 0 Å². The molecule has 0 aliphatic carbocycles. The van der Waals surface area contributed by atoms with Crippen molar-refractivity contribution in [2.24, 2.45) is 0 Å². The highest BCUT2D eigenvalue weighted by Gasteiger charge is 2.16. The van der Waals surface area contributed by atoms with Gasteiger partial charge in [-0.3, -0.25) is 5.26 Å². The van der Waals surface area contributed by atoms with E-state index >= 15 is 0 Å². The number of carbonyl (C=O) groups is 1. The largest absolute Gasteiger partial charge is 0.338 e. The van der Waals surface area contributed by atoms with E-state index in [4.69, 9.17) is 5.26 Å². The topological polar surface area (TPSA) is 61.8 Å². The number of amides is 2. The van der Waals surface area contributed by atoms with Crippen LogP contribution in [0.15, 0.2) is 0 Å². The predicted octanol–water partition coefficient (Wildman–Crippen LogP) is -0.109. The van der Waals surface area contributed by atoms with Crippen molar-refractivity contribution < 1.29 is 14.9 Å². The molecular weight excluding hydrogens is 148 g/mol. The molecule has 1 saturated heterocycles. The van der Waals surface area contributed by atoms with Crippen molar-refractivity contribution in [1.29, 1.82) is 0 Å². The Morgan fingerprint density at radius 1 is 1.73 bits per heavy atom. The van der Waals surface area contributed by atoms with Crippen LogP contribution in [0.3, 0.4) is 0 Å². The van der Waals surface area contributed by atoms with E-state index in [-0.39, 0.29) is 12.6 Å². The van der Waals surface area contributed by atoms with Gasteiger partial charge in [0, 0.05) is 19.6 Å². The summed E-state index contributed by atoms with van der Waals surface area (Å²) in [5.74, 6) is 0. The molecule has 1 rings (SSSR count). The first-order valence-electron chi connectivity index (χ1n) is 3.63. The third kappa shape index (κ3) is 2.36. The van der Waals surface area contributed by atoms with Crippen molar-refractivity contribution in [2.45, 2.75) is 6.42 Å². The molecule has 0 unspecified atom stereocenters. The first kappa shape index (κ1) is 8.29. The van der Waals surface area contributed by atoms with Gasteiger partial charge in [0.05, 0.1) is 6.61 Å². The zero-order chi connectivity index (χ0) is 8.10. The van der Waals surface area contributed by atoms with Gasteiger partial charge < -0.3 is 10.2 Å². The highest BCUT2D eigenvalue weighted by atomic mass is 17.1. The maximum Gasteiger partial charge on any atom is 0.317 e. The molecule has 5 nitrogen and oxygen atoms in total. The number of nitrogens with one attached hydrogen (secondary N) is 1. The molecule has 0 atom stereocenters. The minimum atomic E-state index is -0.0756. The minimum absolute atomic E-state index is 0.0756. The van der Waals surface area contributed by atoms with Crippen molar-refractivity contribution in [3.63, 3.8) is 0 Å². The molecule has 64 valence electrons. The van der Waals surface area contributed by atoms with Crippen LogP contribution < -0.4 is 5.32 Å². The van der Waals surface area contributed by atoms with E-state index in [2.05, 4.69) is 10.2 Å². The summed E-state index contributed by atoms with van der Waals surface area (Å²) in [5, 5.41) is 10.7. The zero-order valence-corrected chi connectivity index (χ0v) is 6.25. The standard InChI is InChI=1S/C6H12N2O3/c9-6-7-2-1-3-8(6)4-5-11-10/h10H,1-5H2,(H,7,9). The molecule has 2 amide bonds. The number of nitrogens with zero attached hydrogens (tertiary/aromatic N) is 1. The van der Waals surface area contributed by atoms with Gasteiger partial charge in [-0.25, -0.2) is 9.68 Å². The second kappa shape index (κ2) is 4.15. The summed E-state index contributed by atoms with van der Waals surface area (Å²) < 4.78 is 0. The molecule has 1 fully saturated rings. The van der Waals surface area contributed by atoms with Crippen LogP contribution in [0.1, 0.15) is 6.42 Å². The molecule has 0 spiro atoms. The minimum Gasteiger partial charge on any atom is -0.338 e.